The molecule has 1 N–H and O–H groups in total. The zero-order valence-corrected chi connectivity index (χ0v) is 13.7. The summed E-state index contributed by atoms with van der Waals surface area (Å²) >= 11 is 0. The average molecular weight is 292 g/mol. The van der Waals surface area contributed by atoms with Crippen molar-refractivity contribution >= 4 is 0 Å². The van der Waals surface area contributed by atoms with Crippen LogP contribution in [0.2, 0.25) is 0 Å². The van der Waals surface area contributed by atoms with Crippen molar-refractivity contribution in [2.75, 3.05) is 39.8 Å². The molecular formula is C17H28N2O2. The van der Waals surface area contributed by atoms with Crippen LogP contribution in [0.1, 0.15) is 32.4 Å². The number of piperazine rings is 1. The molecule has 4 nitrogen and oxygen atoms in total. The van der Waals surface area contributed by atoms with E-state index >= 15 is 0 Å². The van der Waals surface area contributed by atoms with Crippen LogP contribution in [-0.2, 0) is 0 Å². The van der Waals surface area contributed by atoms with Gasteiger partial charge in [0, 0.05) is 37.3 Å². The fourth-order valence-electron chi connectivity index (χ4n) is 2.88. The van der Waals surface area contributed by atoms with Crippen LogP contribution in [0.25, 0.3) is 0 Å². The summed E-state index contributed by atoms with van der Waals surface area (Å²) in [4.78, 5) is 4.72. The first-order chi connectivity index (χ1) is 9.94. The van der Waals surface area contributed by atoms with Crippen LogP contribution < -0.4 is 4.74 Å². The van der Waals surface area contributed by atoms with Gasteiger partial charge < -0.3 is 9.84 Å². The standard InChI is InChI=1S/C17H28N2O2/c1-5-21-16-9-7-6-8-14(16)15(20)12-19-11-10-18(4)17(2,3)13-19/h6-9,15,20H,5,10-13H2,1-4H3. The number of hydrogen-bond acceptors (Lipinski definition) is 4. The number of aliphatic hydroxyl groups is 1. The molecule has 1 unspecified atom stereocenters. The Morgan fingerprint density at radius 2 is 2.00 bits per heavy atom. The van der Waals surface area contributed by atoms with Gasteiger partial charge in [-0.3, -0.25) is 9.80 Å². The fraction of sp³-hybridized carbons (Fsp3) is 0.647. The summed E-state index contributed by atoms with van der Waals surface area (Å²) < 4.78 is 5.62. The minimum Gasteiger partial charge on any atom is -0.493 e. The van der Waals surface area contributed by atoms with Crippen LogP contribution >= 0.6 is 0 Å². The van der Waals surface area contributed by atoms with E-state index in [1.165, 1.54) is 0 Å². The highest BCUT2D eigenvalue weighted by Gasteiger charge is 2.32. The van der Waals surface area contributed by atoms with E-state index in [0.29, 0.717) is 13.2 Å². The predicted octanol–water partition coefficient (Wildman–Crippen LogP) is 2.14. The van der Waals surface area contributed by atoms with Gasteiger partial charge in [0.25, 0.3) is 0 Å². The van der Waals surface area contributed by atoms with Gasteiger partial charge in [0.15, 0.2) is 0 Å². The summed E-state index contributed by atoms with van der Waals surface area (Å²) in [6, 6.07) is 7.78. The Morgan fingerprint density at radius 3 is 2.67 bits per heavy atom. The predicted molar refractivity (Wildman–Crippen MR) is 85.7 cm³/mol. The molecular weight excluding hydrogens is 264 g/mol. The SMILES string of the molecule is CCOc1ccccc1C(O)CN1CCN(C)C(C)(C)C1. The van der Waals surface area contributed by atoms with Crippen molar-refractivity contribution in [3.8, 4) is 5.75 Å². The molecule has 118 valence electrons. The van der Waals surface area contributed by atoms with E-state index in [9.17, 15) is 5.11 Å². The van der Waals surface area contributed by atoms with Gasteiger partial charge in [-0.05, 0) is 33.9 Å². The quantitative estimate of drug-likeness (QED) is 0.902. The lowest BCUT2D eigenvalue weighted by Gasteiger charge is -2.45. The maximum atomic E-state index is 10.6. The summed E-state index contributed by atoms with van der Waals surface area (Å²) in [6.07, 6.45) is -0.507. The third kappa shape index (κ3) is 3.96. The van der Waals surface area contributed by atoms with Crippen molar-refractivity contribution in [3.05, 3.63) is 29.8 Å². The van der Waals surface area contributed by atoms with Crippen LogP contribution in [0.3, 0.4) is 0 Å². The Balaban J connectivity index is 2.03. The molecule has 4 heteroatoms. The molecule has 0 spiro atoms. The van der Waals surface area contributed by atoms with E-state index in [-0.39, 0.29) is 5.54 Å². The molecule has 1 saturated heterocycles. The minimum absolute atomic E-state index is 0.150. The first-order valence-electron chi connectivity index (χ1n) is 7.77. The van der Waals surface area contributed by atoms with Crippen molar-refractivity contribution in [2.45, 2.75) is 32.4 Å². The molecule has 0 bridgehead atoms. The van der Waals surface area contributed by atoms with E-state index in [0.717, 1.165) is 30.9 Å². The summed E-state index contributed by atoms with van der Waals surface area (Å²) in [7, 11) is 2.16. The second kappa shape index (κ2) is 6.77. The van der Waals surface area contributed by atoms with E-state index in [1.54, 1.807) is 0 Å². The summed E-state index contributed by atoms with van der Waals surface area (Å²) in [5.74, 6) is 0.792. The van der Waals surface area contributed by atoms with Gasteiger partial charge in [-0.1, -0.05) is 18.2 Å². The number of nitrogens with zero attached hydrogens (tertiary/aromatic N) is 2. The highest BCUT2D eigenvalue weighted by atomic mass is 16.5. The van der Waals surface area contributed by atoms with Gasteiger partial charge in [0.2, 0.25) is 0 Å². The Labute approximate surface area is 128 Å². The Kier molecular flexibility index (Phi) is 5.25. The highest BCUT2D eigenvalue weighted by molar-refractivity contribution is 5.35. The second-order valence-corrected chi connectivity index (χ2v) is 6.46. The van der Waals surface area contributed by atoms with Gasteiger partial charge >= 0.3 is 0 Å². The number of rotatable bonds is 5. The molecule has 1 aromatic rings. The van der Waals surface area contributed by atoms with Crippen LogP contribution in [0, 0.1) is 0 Å². The minimum atomic E-state index is -0.507. The maximum Gasteiger partial charge on any atom is 0.125 e. The zero-order chi connectivity index (χ0) is 15.5. The van der Waals surface area contributed by atoms with Crippen molar-refractivity contribution < 1.29 is 9.84 Å². The molecule has 0 saturated carbocycles. The molecule has 2 rings (SSSR count). The first-order valence-corrected chi connectivity index (χ1v) is 7.77. The lowest BCUT2D eigenvalue weighted by Crippen LogP contribution is -2.58. The normalized spacial score (nSPS) is 21.2. The molecule has 1 aromatic carbocycles. The summed E-state index contributed by atoms with van der Waals surface area (Å²) in [6.45, 7) is 10.7. The van der Waals surface area contributed by atoms with Crippen molar-refractivity contribution in [3.63, 3.8) is 0 Å². The lowest BCUT2D eigenvalue weighted by molar-refractivity contribution is 0.0137. The lowest BCUT2D eigenvalue weighted by atomic mass is 9.98. The zero-order valence-electron chi connectivity index (χ0n) is 13.7. The van der Waals surface area contributed by atoms with Crippen molar-refractivity contribution in [2.24, 2.45) is 0 Å². The maximum absolute atomic E-state index is 10.6. The number of β-amino-alcohol motifs (C(OH)–C–C–N with tert-alkyl or cyclic N) is 1. The largest absolute Gasteiger partial charge is 0.493 e. The molecule has 1 heterocycles. The van der Waals surface area contributed by atoms with Crippen LogP contribution in [0.15, 0.2) is 24.3 Å². The molecule has 1 aliphatic rings. The molecule has 1 atom stereocenters. The molecule has 0 aromatic heterocycles. The number of ether oxygens (including phenoxy) is 1. The fourth-order valence-corrected chi connectivity index (χ4v) is 2.88. The summed E-state index contributed by atoms with van der Waals surface area (Å²) in [5, 5.41) is 10.6. The van der Waals surface area contributed by atoms with E-state index in [2.05, 4.69) is 30.7 Å². The number of aliphatic hydroxyl groups excluding tert-OH is 1. The van der Waals surface area contributed by atoms with Gasteiger partial charge in [-0.25, -0.2) is 0 Å². The van der Waals surface area contributed by atoms with Gasteiger partial charge in [-0.2, -0.15) is 0 Å². The first kappa shape index (κ1) is 16.3. The average Bonchev–Trinajstić information content (AvgIpc) is 2.43. The third-order valence-electron chi connectivity index (χ3n) is 4.40. The molecule has 0 amide bonds. The second-order valence-electron chi connectivity index (χ2n) is 6.46. The Bertz CT molecular complexity index is 462. The van der Waals surface area contributed by atoms with E-state index in [4.69, 9.17) is 4.74 Å². The van der Waals surface area contributed by atoms with Crippen LogP contribution in [0.4, 0.5) is 0 Å². The van der Waals surface area contributed by atoms with Crippen LogP contribution in [-0.4, -0.2) is 60.3 Å². The number of para-hydroxylation sites is 1. The molecule has 1 aliphatic heterocycles. The van der Waals surface area contributed by atoms with E-state index in [1.807, 2.05) is 31.2 Å². The third-order valence-corrected chi connectivity index (χ3v) is 4.40. The monoisotopic (exact) mass is 292 g/mol. The number of likely N-dealkylation sites (N-methyl/N-ethyl adjacent to an activating group) is 1. The Hall–Kier alpha value is -1.10. The molecule has 21 heavy (non-hydrogen) atoms. The van der Waals surface area contributed by atoms with Gasteiger partial charge in [0.1, 0.15) is 5.75 Å². The molecule has 1 fully saturated rings. The number of hydrogen-bond donors (Lipinski definition) is 1. The molecule has 0 aliphatic carbocycles. The van der Waals surface area contributed by atoms with E-state index < -0.39 is 6.10 Å². The topological polar surface area (TPSA) is 35.9 Å². The Morgan fingerprint density at radius 1 is 1.29 bits per heavy atom. The smallest absolute Gasteiger partial charge is 0.125 e. The van der Waals surface area contributed by atoms with Crippen molar-refractivity contribution in [1.29, 1.82) is 0 Å². The highest BCUT2D eigenvalue weighted by Crippen LogP contribution is 2.27. The van der Waals surface area contributed by atoms with Gasteiger partial charge in [0.05, 0.1) is 12.7 Å². The summed E-state index contributed by atoms with van der Waals surface area (Å²) in [5.41, 5.74) is 1.04. The van der Waals surface area contributed by atoms with Crippen molar-refractivity contribution in [1.82, 2.24) is 9.80 Å². The van der Waals surface area contributed by atoms with Crippen LogP contribution in [0.5, 0.6) is 5.75 Å². The molecule has 0 radical (unpaired) electrons. The number of benzene rings is 1. The van der Waals surface area contributed by atoms with Gasteiger partial charge in [-0.15, -0.1) is 0 Å².